The van der Waals surface area contributed by atoms with E-state index in [1.165, 1.54) is 0 Å². The smallest absolute Gasteiger partial charge is 0.282 e. The molecule has 0 aromatic heterocycles. The fourth-order valence-corrected chi connectivity index (χ4v) is 3.29. The summed E-state index contributed by atoms with van der Waals surface area (Å²) in [5, 5.41) is 14.3. The second-order valence-corrected chi connectivity index (χ2v) is 5.51. The number of benzene rings is 1. The Morgan fingerprint density at radius 3 is 2.86 bits per heavy atom. The Bertz CT molecular complexity index is 579. The molecule has 2 aliphatic rings. The molecule has 2 saturated heterocycles. The van der Waals surface area contributed by atoms with E-state index in [0.29, 0.717) is 6.54 Å². The second-order valence-electron chi connectivity index (χ2n) is 5.51. The van der Waals surface area contributed by atoms with E-state index < -0.39 is 16.6 Å². The van der Waals surface area contributed by atoms with Crippen molar-refractivity contribution in [2.24, 2.45) is 0 Å². The largest absolute Gasteiger partial charge is 0.331 e. The van der Waals surface area contributed by atoms with E-state index >= 15 is 0 Å². The van der Waals surface area contributed by atoms with E-state index in [2.05, 4.69) is 5.32 Å². The molecule has 0 saturated carbocycles. The van der Waals surface area contributed by atoms with E-state index in [1.807, 2.05) is 0 Å². The van der Waals surface area contributed by atoms with Crippen LogP contribution in [-0.4, -0.2) is 40.9 Å². The standard InChI is InChI=1S/C14H16FN3O3/c15-9-1-4-13(18(20)21)12(7-9)14(19)17-10-2-3-11(17)8-16-6-5-10/h1,4,7,10-11,16H,2-3,5-6,8H2. The SMILES string of the molecule is O=C(c1cc(F)ccc1[N+](=O)[O-])N1C2CCNCC1CC2. The van der Waals surface area contributed by atoms with Crippen LogP contribution in [0.3, 0.4) is 0 Å². The zero-order chi connectivity index (χ0) is 15.0. The van der Waals surface area contributed by atoms with Gasteiger partial charge in [-0.15, -0.1) is 0 Å². The minimum Gasteiger partial charge on any atom is -0.331 e. The van der Waals surface area contributed by atoms with Crippen molar-refractivity contribution in [2.45, 2.75) is 31.3 Å². The predicted molar refractivity (Wildman–Crippen MR) is 73.5 cm³/mol. The number of nitrogens with one attached hydrogen (secondary N) is 1. The average Bonchev–Trinajstić information content (AvgIpc) is 2.70. The highest BCUT2D eigenvalue weighted by atomic mass is 19.1. The number of fused-ring (bicyclic) bond motifs is 2. The zero-order valence-electron chi connectivity index (χ0n) is 11.4. The molecule has 1 amide bonds. The molecule has 2 heterocycles. The van der Waals surface area contributed by atoms with Crippen LogP contribution in [0.5, 0.6) is 0 Å². The molecule has 2 aliphatic heterocycles. The fraction of sp³-hybridized carbons (Fsp3) is 0.500. The van der Waals surface area contributed by atoms with Crippen LogP contribution in [0.4, 0.5) is 10.1 Å². The first kappa shape index (κ1) is 13.9. The van der Waals surface area contributed by atoms with Gasteiger partial charge in [-0.05, 0) is 37.9 Å². The van der Waals surface area contributed by atoms with Crippen LogP contribution in [0.25, 0.3) is 0 Å². The normalized spacial score (nSPS) is 24.7. The lowest BCUT2D eigenvalue weighted by molar-refractivity contribution is -0.385. The maximum atomic E-state index is 13.4. The molecule has 2 unspecified atom stereocenters. The first-order valence-corrected chi connectivity index (χ1v) is 7.05. The third-order valence-corrected chi connectivity index (χ3v) is 4.27. The number of hydrogen-bond donors (Lipinski definition) is 1. The maximum Gasteiger partial charge on any atom is 0.282 e. The van der Waals surface area contributed by atoms with Gasteiger partial charge in [-0.2, -0.15) is 0 Å². The first-order chi connectivity index (χ1) is 10.1. The third kappa shape index (κ3) is 2.49. The van der Waals surface area contributed by atoms with Gasteiger partial charge in [-0.1, -0.05) is 0 Å². The van der Waals surface area contributed by atoms with E-state index in [9.17, 15) is 19.3 Å². The highest BCUT2D eigenvalue weighted by Crippen LogP contribution is 2.31. The van der Waals surface area contributed by atoms with Gasteiger partial charge in [0, 0.05) is 24.7 Å². The van der Waals surface area contributed by atoms with Crippen molar-refractivity contribution < 1.29 is 14.1 Å². The lowest BCUT2D eigenvalue weighted by atomic mass is 10.1. The minimum absolute atomic E-state index is 0.0351. The molecule has 1 aromatic carbocycles. The number of nitro groups is 1. The van der Waals surface area contributed by atoms with Crippen molar-refractivity contribution >= 4 is 11.6 Å². The summed E-state index contributed by atoms with van der Waals surface area (Å²) in [6.45, 7) is 1.52. The van der Waals surface area contributed by atoms with Crippen LogP contribution in [-0.2, 0) is 0 Å². The van der Waals surface area contributed by atoms with Crippen LogP contribution in [0.15, 0.2) is 18.2 Å². The Hall–Kier alpha value is -2.02. The Morgan fingerprint density at radius 2 is 2.10 bits per heavy atom. The van der Waals surface area contributed by atoms with Gasteiger partial charge < -0.3 is 10.2 Å². The summed E-state index contributed by atoms with van der Waals surface area (Å²) in [7, 11) is 0. The third-order valence-electron chi connectivity index (χ3n) is 4.27. The summed E-state index contributed by atoms with van der Waals surface area (Å²) in [6, 6.07) is 3.15. The minimum atomic E-state index is -0.635. The van der Waals surface area contributed by atoms with Gasteiger partial charge in [0.2, 0.25) is 0 Å². The van der Waals surface area contributed by atoms with E-state index in [1.54, 1.807) is 4.90 Å². The molecular weight excluding hydrogens is 277 g/mol. The molecule has 2 atom stereocenters. The van der Waals surface area contributed by atoms with Gasteiger partial charge in [0.05, 0.1) is 4.92 Å². The van der Waals surface area contributed by atoms with E-state index in [4.69, 9.17) is 0 Å². The number of carbonyl (C=O) groups is 1. The summed E-state index contributed by atoms with van der Waals surface area (Å²) in [5.41, 5.74) is -0.489. The molecule has 0 spiro atoms. The van der Waals surface area contributed by atoms with Gasteiger partial charge >= 0.3 is 0 Å². The summed E-state index contributed by atoms with van der Waals surface area (Å²) >= 11 is 0. The average molecular weight is 293 g/mol. The molecule has 2 fully saturated rings. The Kier molecular flexibility index (Phi) is 3.59. The fourth-order valence-electron chi connectivity index (χ4n) is 3.29. The van der Waals surface area contributed by atoms with Crippen molar-refractivity contribution in [1.29, 1.82) is 0 Å². The van der Waals surface area contributed by atoms with Crippen LogP contribution in [0.2, 0.25) is 0 Å². The van der Waals surface area contributed by atoms with E-state index in [0.717, 1.165) is 44.0 Å². The van der Waals surface area contributed by atoms with Crippen molar-refractivity contribution in [1.82, 2.24) is 10.2 Å². The number of amides is 1. The number of rotatable bonds is 2. The summed E-state index contributed by atoms with van der Waals surface area (Å²) in [4.78, 5) is 24.9. The number of nitro benzene ring substituents is 1. The van der Waals surface area contributed by atoms with Gasteiger partial charge in [0.1, 0.15) is 11.4 Å². The van der Waals surface area contributed by atoms with Crippen LogP contribution in [0.1, 0.15) is 29.6 Å². The quantitative estimate of drug-likeness (QED) is 0.665. The number of nitrogens with zero attached hydrogens (tertiary/aromatic N) is 2. The van der Waals surface area contributed by atoms with Crippen molar-refractivity contribution in [2.75, 3.05) is 13.1 Å². The molecule has 6 nitrogen and oxygen atoms in total. The van der Waals surface area contributed by atoms with Crippen molar-refractivity contribution in [3.05, 3.63) is 39.7 Å². The highest BCUT2D eigenvalue weighted by Gasteiger charge is 2.40. The monoisotopic (exact) mass is 293 g/mol. The topological polar surface area (TPSA) is 75.5 Å². The molecule has 0 aliphatic carbocycles. The Balaban J connectivity index is 1.98. The molecule has 2 bridgehead atoms. The van der Waals surface area contributed by atoms with Gasteiger partial charge in [-0.25, -0.2) is 4.39 Å². The molecule has 7 heteroatoms. The van der Waals surface area contributed by atoms with Crippen LogP contribution in [0, 0.1) is 15.9 Å². The lowest BCUT2D eigenvalue weighted by Gasteiger charge is -2.27. The number of carbonyl (C=O) groups excluding carboxylic acids is 1. The van der Waals surface area contributed by atoms with Crippen LogP contribution < -0.4 is 5.32 Å². The van der Waals surface area contributed by atoms with Gasteiger partial charge in [-0.3, -0.25) is 14.9 Å². The molecule has 1 N–H and O–H groups in total. The van der Waals surface area contributed by atoms with Crippen LogP contribution >= 0.6 is 0 Å². The predicted octanol–water partition coefficient (Wildman–Crippen LogP) is 1.70. The number of hydrogen-bond acceptors (Lipinski definition) is 4. The van der Waals surface area contributed by atoms with Crippen molar-refractivity contribution in [3.63, 3.8) is 0 Å². The molecule has 112 valence electrons. The van der Waals surface area contributed by atoms with Gasteiger partial charge in [0.15, 0.2) is 0 Å². The highest BCUT2D eigenvalue weighted by molar-refractivity contribution is 5.98. The molecular formula is C14H16FN3O3. The summed E-state index contributed by atoms with van der Waals surface area (Å²) in [5.74, 6) is -1.07. The Morgan fingerprint density at radius 1 is 1.33 bits per heavy atom. The molecule has 3 rings (SSSR count). The van der Waals surface area contributed by atoms with Gasteiger partial charge in [0.25, 0.3) is 11.6 Å². The Labute approximate surface area is 121 Å². The molecule has 0 radical (unpaired) electrons. The molecule has 1 aromatic rings. The van der Waals surface area contributed by atoms with E-state index in [-0.39, 0.29) is 23.3 Å². The summed E-state index contributed by atoms with van der Waals surface area (Å²) in [6.07, 6.45) is 2.61. The number of halogens is 1. The first-order valence-electron chi connectivity index (χ1n) is 7.05. The lowest BCUT2D eigenvalue weighted by Crippen LogP contribution is -2.42. The van der Waals surface area contributed by atoms with Crippen molar-refractivity contribution in [3.8, 4) is 0 Å². The maximum absolute atomic E-state index is 13.4. The molecule has 21 heavy (non-hydrogen) atoms. The summed E-state index contributed by atoms with van der Waals surface area (Å²) < 4.78 is 13.4. The second kappa shape index (κ2) is 5.40. The zero-order valence-corrected chi connectivity index (χ0v) is 11.4.